The maximum absolute atomic E-state index is 12.0. The summed E-state index contributed by atoms with van der Waals surface area (Å²) in [6.45, 7) is 0.684. The van der Waals surface area contributed by atoms with Crippen molar-refractivity contribution in [1.82, 2.24) is 4.90 Å². The first kappa shape index (κ1) is 14.7. The fraction of sp³-hybridized carbons (Fsp3) is 0.429. The number of hydrogen-bond donors (Lipinski definition) is 0. The van der Waals surface area contributed by atoms with Gasteiger partial charge in [-0.25, -0.2) is 9.59 Å². The molecule has 0 spiro atoms. The van der Waals surface area contributed by atoms with E-state index in [1.54, 1.807) is 0 Å². The molecule has 0 saturated carbocycles. The summed E-state index contributed by atoms with van der Waals surface area (Å²) in [5.74, 6) is -0.478. The summed E-state index contributed by atoms with van der Waals surface area (Å²) in [7, 11) is 0. The van der Waals surface area contributed by atoms with Crippen LogP contribution in [0.5, 0.6) is 0 Å². The number of likely N-dealkylation sites (tertiary alicyclic amines) is 1. The van der Waals surface area contributed by atoms with Gasteiger partial charge in [0.15, 0.2) is 6.07 Å². The molecule has 1 fully saturated rings. The normalized spacial score (nSPS) is 17.9. The first-order chi connectivity index (χ1) is 9.72. The van der Waals surface area contributed by atoms with Crippen molar-refractivity contribution in [2.24, 2.45) is 0 Å². The van der Waals surface area contributed by atoms with Crippen LogP contribution in [0, 0.1) is 0 Å². The van der Waals surface area contributed by atoms with Crippen LogP contribution in [-0.4, -0.2) is 35.6 Å². The minimum atomic E-state index is -0.586. The van der Waals surface area contributed by atoms with Gasteiger partial charge in [-0.1, -0.05) is 41.9 Å². The van der Waals surface area contributed by atoms with Crippen molar-refractivity contribution in [3.05, 3.63) is 35.9 Å². The molecule has 0 N–H and O–H groups in total. The smallest absolute Gasteiger partial charge is 0.410 e. The standard InChI is InChI=1S/C14H16ClNO4/c15-10-20-13(17)12-7-4-8-16(12)14(18)19-9-11-5-2-1-3-6-11/h1-3,5-6,12H,4,7-10H2/t12-/m0/s1. The van der Waals surface area contributed by atoms with E-state index in [2.05, 4.69) is 0 Å². The van der Waals surface area contributed by atoms with Gasteiger partial charge in [0.1, 0.15) is 12.6 Å². The van der Waals surface area contributed by atoms with Crippen molar-refractivity contribution in [3.63, 3.8) is 0 Å². The lowest BCUT2D eigenvalue weighted by molar-refractivity contribution is -0.146. The molecule has 1 aromatic carbocycles. The van der Waals surface area contributed by atoms with Gasteiger partial charge in [-0.15, -0.1) is 0 Å². The van der Waals surface area contributed by atoms with E-state index in [0.29, 0.717) is 13.0 Å². The first-order valence-corrected chi connectivity index (χ1v) is 6.95. The number of rotatable bonds is 4. The second-order valence-electron chi connectivity index (χ2n) is 4.46. The highest BCUT2D eigenvalue weighted by Crippen LogP contribution is 2.20. The Morgan fingerprint density at radius 3 is 2.70 bits per heavy atom. The zero-order chi connectivity index (χ0) is 14.4. The maximum Gasteiger partial charge on any atom is 0.410 e. The van der Waals surface area contributed by atoms with Gasteiger partial charge in [0.2, 0.25) is 0 Å². The van der Waals surface area contributed by atoms with Gasteiger partial charge < -0.3 is 9.47 Å². The SMILES string of the molecule is O=C(OCCl)[C@@H]1CCCN1C(=O)OCc1ccccc1. The molecule has 108 valence electrons. The van der Waals surface area contributed by atoms with Crippen LogP contribution in [0.4, 0.5) is 4.79 Å². The molecule has 5 nitrogen and oxygen atoms in total. The van der Waals surface area contributed by atoms with E-state index >= 15 is 0 Å². The lowest BCUT2D eigenvalue weighted by Gasteiger charge is -2.22. The van der Waals surface area contributed by atoms with Crippen LogP contribution < -0.4 is 0 Å². The van der Waals surface area contributed by atoms with Crippen LogP contribution in [0.25, 0.3) is 0 Å². The van der Waals surface area contributed by atoms with E-state index in [1.807, 2.05) is 30.3 Å². The highest BCUT2D eigenvalue weighted by atomic mass is 35.5. The van der Waals surface area contributed by atoms with Gasteiger partial charge in [0.25, 0.3) is 0 Å². The second kappa shape index (κ2) is 7.14. The van der Waals surface area contributed by atoms with Crippen molar-refractivity contribution in [2.75, 3.05) is 12.6 Å². The Kier molecular flexibility index (Phi) is 5.24. The van der Waals surface area contributed by atoms with Gasteiger partial charge in [-0.05, 0) is 18.4 Å². The molecule has 0 aromatic heterocycles. The lowest BCUT2D eigenvalue weighted by atomic mass is 10.2. The molecule has 0 aliphatic carbocycles. The third-order valence-electron chi connectivity index (χ3n) is 3.16. The summed E-state index contributed by atoms with van der Waals surface area (Å²) in [5.41, 5.74) is 0.903. The number of hydrogen-bond acceptors (Lipinski definition) is 4. The molecular formula is C14H16ClNO4. The van der Waals surface area contributed by atoms with E-state index in [9.17, 15) is 9.59 Å². The van der Waals surface area contributed by atoms with Gasteiger partial charge in [0, 0.05) is 6.54 Å². The number of benzene rings is 1. The number of esters is 1. The summed E-state index contributed by atoms with van der Waals surface area (Å²) < 4.78 is 9.96. The Balaban J connectivity index is 1.89. The van der Waals surface area contributed by atoms with Crippen molar-refractivity contribution in [1.29, 1.82) is 0 Å². The fourth-order valence-corrected chi connectivity index (χ4v) is 2.29. The Morgan fingerprint density at radius 1 is 1.25 bits per heavy atom. The monoisotopic (exact) mass is 297 g/mol. The largest absolute Gasteiger partial charge is 0.448 e. The minimum absolute atomic E-state index is 0.188. The molecule has 1 aliphatic rings. The molecule has 1 aliphatic heterocycles. The van der Waals surface area contributed by atoms with Crippen LogP contribution in [0.3, 0.4) is 0 Å². The van der Waals surface area contributed by atoms with Gasteiger partial charge in [0.05, 0.1) is 0 Å². The number of amides is 1. The second-order valence-corrected chi connectivity index (χ2v) is 4.68. The molecule has 0 bridgehead atoms. The van der Waals surface area contributed by atoms with E-state index in [1.165, 1.54) is 4.90 Å². The van der Waals surface area contributed by atoms with Gasteiger partial charge in [-0.2, -0.15) is 0 Å². The predicted octanol–water partition coefficient (Wildman–Crippen LogP) is 2.53. The number of nitrogens with zero attached hydrogens (tertiary/aromatic N) is 1. The quantitative estimate of drug-likeness (QED) is 0.633. The van der Waals surface area contributed by atoms with Crippen LogP contribution in [0.15, 0.2) is 30.3 Å². The summed E-state index contributed by atoms with van der Waals surface area (Å²) >= 11 is 5.37. The van der Waals surface area contributed by atoms with E-state index in [0.717, 1.165) is 12.0 Å². The fourth-order valence-electron chi connectivity index (χ4n) is 2.18. The molecule has 20 heavy (non-hydrogen) atoms. The molecule has 1 atom stereocenters. The molecule has 1 amide bonds. The summed E-state index contributed by atoms with van der Waals surface area (Å²) in [5, 5.41) is 0. The number of carbonyl (C=O) groups excluding carboxylic acids is 2. The van der Waals surface area contributed by atoms with E-state index < -0.39 is 18.1 Å². The first-order valence-electron chi connectivity index (χ1n) is 6.42. The Labute approximate surface area is 122 Å². The van der Waals surface area contributed by atoms with Crippen LogP contribution >= 0.6 is 11.6 Å². The molecule has 6 heteroatoms. The molecule has 0 radical (unpaired) electrons. The van der Waals surface area contributed by atoms with Crippen LogP contribution in [0.1, 0.15) is 18.4 Å². The Morgan fingerprint density at radius 2 is 2.00 bits per heavy atom. The lowest BCUT2D eigenvalue weighted by Crippen LogP contribution is -2.41. The van der Waals surface area contributed by atoms with Crippen molar-refractivity contribution in [2.45, 2.75) is 25.5 Å². The van der Waals surface area contributed by atoms with Crippen LogP contribution in [0.2, 0.25) is 0 Å². The summed E-state index contributed by atoms with van der Waals surface area (Å²) in [4.78, 5) is 25.1. The number of carbonyl (C=O) groups is 2. The van der Waals surface area contributed by atoms with Gasteiger partial charge >= 0.3 is 12.1 Å². The molecule has 1 heterocycles. The molecule has 0 unspecified atom stereocenters. The third kappa shape index (κ3) is 3.63. The number of alkyl halides is 1. The molecule has 1 saturated heterocycles. The molecular weight excluding hydrogens is 282 g/mol. The Hall–Kier alpha value is -1.75. The minimum Gasteiger partial charge on any atom is -0.448 e. The average molecular weight is 298 g/mol. The van der Waals surface area contributed by atoms with E-state index in [4.69, 9.17) is 21.1 Å². The van der Waals surface area contributed by atoms with E-state index in [-0.39, 0.29) is 12.7 Å². The molecule has 1 aromatic rings. The maximum atomic E-state index is 12.0. The highest BCUT2D eigenvalue weighted by Gasteiger charge is 2.36. The summed E-state index contributed by atoms with van der Waals surface area (Å²) in [6.07, 6.45) is 0.835. The predicted molar refractivity (Wildman–Crippen MR) is 73.2 cm³/mol. The zero-order valence-corrected chi connectivity index (χ0v) is 11.7. The number of halogens is 1. The van der Waals surface area contributed by atoms with Gasteiger partial charge in [-0.3, -0.25) is 4.90 Å². The number of ether oxygens (including phenoxy) is 2. The molecule has 2 rings (SSSR count). The zero-order valence-electron chi connectivity index (χ0n) is 11.0. The topological polar surface area (TPSA) is 55.8 Å². The summed E-state index contributed by atoms with van der Waals surface area (Å²) in [6, 6.07) is 8.59. The average Bonchev–Trinajstić information content (AvgIpc) is 2.96. The third-order valence-corrected chi connectivity index (χ3v) is 3.27. The van der Waals surface area contributed by atoms with Crippen molar-refractivity contribution in [3.8, 4) is 0 Å². The Bertz CT molecular complexity index is 466. The van der Waals surface area contributed by atoms with Crippen LogP contribution in [-0.2, 0) is 20.9 Å². The van der Waals surface area contributed by atoms with Crippen molar-refractivity contribution < 1.29 is 19.1 Å². The van der Waals surface area contributed by atoms with Crippen molar-refractivity contribution >= 4 is 23.7 Å². The highest BCUT2D eigenvalue weighted by molar-refractivity contribution is 6.17.